The van der Waals surface area contributed by atoms with Gasteiger partial charge in [-0.3, -0.25) is 0 Å². The Bertz CT molecular complexity index is 450. The van der Waals surface area contributed by atoms with Crippen molar-refractivity contribution in [3.05, 3.63) is 11.9 Å². The Morgan fingerprint density at radius 3 is 2.70 bits per heavy atom. The molecule has 5 nitrogen and oxygen atoms in total. The second kappa shape index (κ2) is 5.95. The predicted octanol–water partition coefficient (Wildman–Crippen LogP) is 1.59. The van der Waals surface area contributed by atoms with Gasteiger partial charge in [-0.15, -0.1) is 0 Å². The number of aromatic nitrogens is 2. The summed E-state index contributed by atoms with van der Waals surface area (Å²) in [4.78, 5) is 11.4. The molecule has 1 aromatic rings. The molecular weight excluding hydrogens is 250 g/mol. The molecule has 1 aliphatic carbocycles. The van der Waals surface area contributed by atoms with Gasteiger partial charge in [-0.05, 0) is 13.0 Å². The maximum absolute atomic E-state index is 5.95. The van der Waals surface area contributed by atoms with Crippen LogP contribution in [0.1, 0.15) is 37.9 Å². The summed E-state index contributed by atoms with van der Waals surface area (Å²) in [5, 5.41) is 3.28. The number of nitrogen functional groups attached to an aromatic ring is 1. The van der Waals surface area contributed by atoms with Crippen molar-refractivity contribution in [3.63, 3.8) is 0 Å². The van der Waals surface area contributed by atoms with E-state index in [4.69, 9.17) is 10.7 Å². The topological polar surface area (TPSA) is 67.1 Å². The molecule has 0 spiro atoms. The average Bonchev–Trinajstić information content (AvgIpc) is 2.38. The SMILES string of the molecule is CNC1CN(c2cc(N)nc(CC3CCCCC3)n2)C1. The molecule has 0 radical (unpaired) electrons. The van der Waals surface area contributed by atoms with Crippen molar-refractivity contribution in [2.45, 2.75) is 44.6 Å². The fourth-order valence-corrected chi connectivity index (χ4v) is 3.25. The molecule has 1 aliphatic heterocycles. The summed E-state index contributed by atoms with van der Waals surface area (Å²) in [5.74, 6) is 3.28. The van der Waals surface area contributed by atoms with Crippen molar-refractivity contribution in [1.29, 1.82) is 0 Å². The molecule has 110 valence electrons. The molecule has 5 heteroatoms. The fraction of sp³-hybridized carbons (Fsp3) is 0.733. The zero-order valence-corrected chi connectivity index (χ0v) is 12.3. The summed E-state index contributed by atoms with van der Waals surface area (Å²) < 4.78 is 0. The lowest BCUT2D eigenvalue weighted by atomic mass is 9.87. The third kappa shape index (κ3) is 3.03. The quantitative estimate of drug-likeness (QED) is 0.873. The molecule has 0 unspecified atom stereocenters. The van der Waals surface area contributed by atoms with Crippen LogP contribution in [-0.4, -0.2) is 36.1 Å². The third-order valence-corrected chi connectivity index (χ3v) is 4.59. The number of nitrogens with one attached hydrogen (secondary N) is 1. The lowest BCUT2D eigenvalue weighted by molar-refractivity contribution is 0.351. The molecule has 1 saturated carbocycles. The number of likely N-dealkylation sites (N-methyl/N-ethyl adjacent to an activating group) is 1. The highest BCUT2D eigenvalue weighted by Gasteiger charge is 2.27. The van der Waals surface area contributed by atoms with E-state index >= 15 is 0 Å². The fourth-order valence-electron chi connectivity index (χ4n) is 3.25. The number of nitrogens with two attached hydrogens (primary N) is 1. The van der Waals surface area contributed by atoms with Crippen molar-refractivity contribution in [2.75, 3.05) is 30.8 Å². The van der Waals surface area contributed by atoms with Gasteiger partial charge in [0.1, 0.15) is 17.5 Å². The Morgan fingerprint density at radius 2 is 2.00 bits per heavy atom. The smallest absolute Gasteiger partial charge is 0.134 e. The number of anilines is 2. The van der Waals surface area contributed by atoms with Crippen LogP contribution in [-0.2, 0) is 6.42 Å². The molecule has 0 atom stereocenters. The minimum atomic E-state index is 0.577. The highest BCUT2D eigenvalue weighted by atomic mass is 15.3. The number of hydrogen-bond acceptors (Lipinski definition) is 5. The summed E-state index contributed by atoms with van der Waals surface area (Å²) in [6.07, 6.45) is 7.73. The zero-order chi connectivity index (χ0) is 13.9. The molecule has 2 heterocycles. The second-order valence-corrected chi connectivity index (χ2v) is 6.17. The highest BCUT2D eigenvalue weighted by Crippen LogP contribution is 2.27. The van der Waals surface area contributed by atoms with E-state index in [1.807, 2.05) is 13.1 Å². The van der Waals surface area contributed by atoms with Crippen molar-refractivity contribution in [2.24, 2.45) is 5.92 Å². The lowest BCUT2D eigenvalue weighted by Crippen LogP contribution is -2.57. The Hall–Kier alpha value is -1.36. The zero-order valence-electron chi connectivity index (χ0n) is 12.3. The van der Waals surface area contributed by atoms with Crippen LogP contribution >= 0.6 is 0 Å². The van der Waals surface area contributed by atoms with Gasteiger partial charge in [-0.1, -0.05) is 32.1 Å². The second-order valence-electron chi connectivity index (χ2n) is 6.17. The van der Waals surface area contributed by atoms with Crippen LogP contribution in [0, 0.1) is 5.92 Å². The van der Waals surface area contributed by atoms with E-state index in [1.165, 1.54) is 32.1 Å². The molecule has 0 amide bonds. The molecule has 1 saturated heterocycles. The van der Waals surface area contributed by atoms with E-state index in [0.29, 0.717) is 11.9 Å². The molecule has 0 bridgehead atoms. The van der Waals surface area contributed by atoms with Crippen LogP contribution in [0.2, 0.25) is 0 Å². The first kappa shape index (κ1) is 13.6. The van der Waals surface area contributed by atoms with E-state index in [1.54, 1.807) is 0 Å². The van der Waals surface area contributed by atoms with Gasteiger partial charge in [0.2, 0.25) is 0 Å². The van der Waals surface area contributed by atoms with Gasteiger partial charge in [0.15, 0.2) is 0 Å². The van der Waals surface area contributed by atoms with Gasteiger partial charge in [-0.2, -0.15) is 0 Å². The first-order valence-corrected chi connectivity index (χ1v) is 7.80. The molecule has 0 aromatic carbocycles. The van der Waals surface area contributed by atoms with Gasteiger partial charge >= 0.3 is 0 Å². The van der Waals surface area contributed by atoms with Crippen LogP contribution in [0.5, 0.6) is 0 Å². The lowest BCUT2D eigenvalue weighted by Gasteiger charge is -2.40. The summed E-state index contributed by atoms with van der Waals surface area (Å²) in [6.45, 7) is 2.02. The van der Waals surface area contributed by atoms with E-state index in [9.17, 15) is 0 Å². The van der Waals surface area contributed by atoms with Gasteiger partial charge in [0.25, 0.3) is 0 Å². The molecule has 20 heavy (non-hydrogen) atoms. The average molecular weight is 275 g/mol. The van der Waals surface area contributed by atoms with Crippen LogP contribution in [0.25, 0.3) is 0 Å². The van der Waals surface area contributed by atoms with Crippen molar-refractivity contribution >= 4 is 11.6 Å². The number of hydrogen-bond donors (Lipinski definition) is 2. The van der Waals surface area contributed by atoms with E-state index in [0.717, 1.165) is 37.1 Å². The van der Waals surface area contributed by atoms with Crippen LogP contribution < -0.4 is 16.0 Å². The van der Waals surface area contributed by atoms with Gasteiger partial charge in [0, 0.05) is 31.6 Å². The van der Waals surface area contributed by atoms with Gasteiger partial charge < -0.3 is 16.0 Å². The number of rotatable bonds is 4. The van der Waals surface area contributed by atoms with Crippen molar-refractivity contribution in [1.82, 2.24) is 15.3 Å². The van der Waals surface area contributed by atoms with Crippen LogP contribution in [0.3, 0.4) is 0 Å². The summed E-state index contributed by atoms with van der Waals surface area (Å²) in [5.41, 5.74) is 5.95. The van der Waals surface area contributed by atoms with Crippen molar-refractivity contribution in [3.8, 4) is 0 Å². The van der Waals surface area contributed by atoms with Crippen LogP contribution in [0.4, 0.5) is 11.6 Å². The van der Waals surface area contributed by atoms with E-state index in [-0.39, 0.29) is 0 Å². The maximum atomic E-state index is 5.95. The first-order valence-electron chi connectivity index (χ1n) is 7.80. The van der Waals surface area contributed by atoms with E-state index < -0.39 is 0 Å². The third-order valence-electron chi connectivity index (χ3n) is 4.59. The molecule has 3 rings (SSSR count). The molecule has 3 N–H and O–H groups in total. The highest BCUT2D eigenvalue weighted by molar-refractivity contribution is 5.49. The van der Waals surface area contributed by atoms with Crippen molar-refractivity contribution < 1.29 is 0 Å². The molecular formula is C15H25N5. The summed E-state index contributed by atoms with van der Waals surface area (Å²) >= 11 is 0. The summed E-state index contributed by atoms with van der Waals surface area (Å²) in [7, 11) is 2.00. The minimum Gasteiger partial charge on any atom is -0.384 e. The molecule has 2 fully saturated rings. The normalized spacial score (nSPS) is 20.9. The Labute approximate surface area is 121 Å². The summed E-state index contributed by atoms with van der Waals surface area (Å²) in [6, 6.07) is 2.48. The minimum absolute atomic E-state index is 0.577. The Balaban J connectivity index is 1.67. The molecule has 2 aliphatic rings. The van der Waals surface area contributed by atoms with E-state index in [2.05, 4.69) is 15.2 Å². The first-order chi connectivity index (χ1) is 9.74. The monoisotopic (exact) mass is 275 g/mol. The maximum Gasteiger partial charge on any atom is 0.134 e. The largest absolute Gasteiger partial charge is 0.384 e. The standard InChI is InChI=1S/C15H25N5/c1-17-12-9-20(10-12)15-8-13(16)18-14(19-15)7-11-5-3-2-4-6-11/h8,11-12,17H,2-7,9-10H2,1H3,(H2,16,18,19). The molecule has 1 aromatic heterocycles. The Kier molecular flexibility index (Phi) is 4.05. The van der Waals surface area contributed by atoms with Gasteiger partial charge in [0.05, 0.1) is 0 Å². The predicted molar refractivity (Wildman–Crippen MR) is 81.8 cm³/mol. The van der Waals surface area contributed by atoms with Crippen LogP contribution in [0.15, 0.2) is 6.07 Å². The van der Waals surface area contributed by atoms with Gasteiger partial charge in [-0.25, -0.2) is 9.97 Å². The number of nitrogens with zero attached hydrogens (tertiary/aromatic N) is 3. The Morgan fingerprint density at radius 1 is 1.25 bits per heavy atom.